The Bertz CT molecular complexity index is 764. The molecule has 2 rings (SSSR count). The minimum atomic E-state index is -4.99. The number of hydrogen-bond donors (Lipinski definition) is 5. The van der Waals surface area contributed by atoms with Crippen LogP contribution in [-0.2, 0) is 9.13 Å². The van der Waals surface area contributed by atoms with Crippen LogP contribution in [0.15, 0.2) is 18.3 Å². The van der Waals surface area contributed by atoms with Crippen LogP contribution in [-0.4, -0.2) is 34.1 Å². The van der Waals surface area contributed by atoms with Gasteiger partial charge in [-0.05, 0) is 12.1 Å². The van der Waals surface area contributed by atoms with Crippen LogP contribution in [0.2, 0.25) is 5.02 Å². The van der Waals surface area contributed by atoms with Crippen molar-refractivity contribution in [2.24, 2.45) is 0 Å². The molecule has 0 aliphatic rings. The van der Waals surface area contributed by atoms with E-state index in [0.29, 0.717) is 0 Å². The summed E-state index contributed by atoms with van der Waals surface area (Å²) in [6.07, 6.45) is 0.850. The molecule has 0 saturated carbocycles. The molecule has 0 spiro atoms. The number of imidazole rings is 1. The Kier molecular flexibility index (Phi) is 3.83. The van der Waals surface area contributed by atoms with Gasteiger partial charge < -0.3 is 24.7 Å². The van der Waals surface area contributed by atoms with Gasteiger partial charge in [0.1, 0.15) is 5.65 Å². The van der Waals surface area contributed by atoms with Crippen LogP contribution in [0.25, 0.3) is 5.65 Å². The SMILES string of the molecule is O=P(O)(O)c1cnc2ccc(Cl)c(C(O)P(=O)(O)O)n12. The summed E-state index contributed by atoms with van der Waals surface area (Å²) < 4.78 is 23.3. The summed E-state index contributed by atoms with van der Waals surface area (Å²) in [5, 5.41) is 9.43. The maximum atomic E-state index is 11.4. The maximum absolute atomic E-state index is 11.4. The van der Waals surface area contributed by atoms with Crippen molar-refractivity contribution in [3.63, 3.8) is 0 Å². The Labute approximate surface area is 116 Å². The number of pyridine rings is 1. The summed E-state index contributed by atoms with van der Waals surface area (Å²) in [6.45, 7) is 0. The Morgan fingerprint density at radius 3 is 2.30 bits per heavy atom. The molecule has 2 aromatic rings. The highest BCUT2D eigenvalue weighted by Gasteiger charge is 2.34. The summed E-state index contributed by atoms with van der Waals surface area (Å²) in [7, 11) is -9.77. The van der Waals surface area contributed by atoms with E-state index in [9.17, 15) is 24.0 Å². The van der Waals surface area contributed by atoms with Crippen molar-refractivity contribution < 1.29 is 33.8 Å². The molecule has 1 unspecified atom stereocenters. The van der Waals surface area contributed by atoms with Crippen molar-refractivity contribution in [1.29, 1.82) is 0 Å². The second-order valence-corrected chi connectivity index (χ2v) is 7.50. The normalized spacial score (nSPS) is 14.7. The van der Waals surface area contributed by atoms with Crippen molar-refractivity contribution in [1.82, 2.24) is 9.38 Å². The molecule has 0 radical (unpaired) electrons. The molecule has 0 fully saturated rings. The summed E-state index contributed by atoms with van der Waals surface area (Å²) >= 11 is 5.78. The lowest BCUT2D eigenvalue weighted by Gasteiger charge is -2.17. The molecule has 12 heteroatoms. The van der Waals surface area contributed by atoms with Gasteiger partial charge in [0.15, 0.2) is 11.3 Å². The highest BCUT2D eigenvalue weighted by atomic mass is 35.5. The number of aliphatic hydroxyl groups is 1. The Balaban J connectivity index is 2.89. The molecule has 20 heavy (non-hydrogen) atoms. The molecule has 5 N–H and O–H groups in total. The predicted octanol–water partition coefficient (Wildman–Crippen LogP) is -0.0407. The molecule has 9 nitrogen and oxygen atoms in total. The second-order valence-electron chi connectivity index (χ2n) is 3.88. The number of nitrogens with zero attached hydrogens (tertiary/aromatic N) is 2. The molecular formula is C8H9ClN2O7P2. The lowest BCUT2D eigenvalue weighted by atomic mass is 10.3. The van der Waals surface area contributed by atoms with E-state index in [0.717, 1.165) is 10.6 Å². The van der Waals surface area contributed by atoms with Crippen LogP contribution in [0, 0.1) is 0 Å². The lowest BCUT2D eigenvalue weighted by Crippen LogP contribution is -2.17. The Hall–Kier alpha value is -0.760. The number of halogens is 1. The van der Waals surface area contributed by atoms with E-state index in [1.807, 2.05) is 0 Å². The van der Waals surface area contributed by atoms with E-state index in [1.165, 1.54) is 12.1 Å². The smallest absolute Gasteiger partial charge is 0.374 e. The van der Waals surface area contributed by atoms with E-state index >= 15 is 0 Å². The van der Waals surface area contributed by atoms with Crippen LogP contribution in [0.1, 0.15) is 11.5 Å². The third kappa shape index (κ3) is 2.67. The Morgan fingerprint density at radius 1 is 1.20 bits per heavy atom. The van der Waals surface area contributed by atoms with Crippen LogP contribution < -0.4 is 5.44 Å². The summed E-state index contributed by atoms with van der Waals surface area (Å²) in [5.74, 6) is -2.34. The standard InChI is InChI=1S/C8H9ClN2O7P2/c9-4-1-2-5-10-3-6(19(13,14)15)11(5)7(4)8(12)20(16,17)18/h1-3,8,12H,(H2,13,14,15)(H2,16,17,18). The van der Waals surface area contributed by atoms with Crippen LogP contribution in [0.3, 0.4) is 0 Å². The van der Waals surface area contributed by atoms with Gasteiger partial charge in [-0.25, -0.2) is 4.98 Å². The highest BCUT2D eigenvalue weighted by Crippen LogP contribution is 2.51. The molecule has 0 aromatic carbocycles. The Morgan fingerprint density at radius 2 is 1.80 bits per heavy atom. The predicted molar refractivity (Wildman–Crippen MR) is 68.9 cm³/mol. The van der Waals surface area contributed by atoms with Crippen molar-refractivity contribution in [3.8, 4) is 0 Å². The van der Waals surface area contributed by atoms with Gasteiger partial charge in [-0.2, -0.15) is 0 Å². The van der Waals surface area contributed by atoms with Gasteiger partial charge in [-0.15, -0.1) is 0 Å². The maximum Gasteiger partial charge on any atom is 0.374 e. The van der Waals surface area contributed by atoms with Gasteiger partial charge in [-0.1, -0.05) is 11.6 Å². The lowest BCUT2D eigenvalue weighted by molar-refractivity contribution is 0.201. The molecule has 0 saturated heterocycles. The number of rotatable bonds is 3. The molecule has 1 atom stereocenters. The minimum Gasteiger partial charge on any atom is -0.375 e. The van der Waals surface area contributed by atoms with Gasteiger partial charge in [0.25, 0.3) is 0 Å². The van der Waals surface area contributed by atoms with Crippen molar-refractivity contribution in [2.45, 2.75) is 5.85 Å². The molecule has 2 aromatic heterocycles. The zero-order valence-electron chi connectivity index (χ0n) is 9.53. The van der Waals surface area contributed by atoms with Crippen LogP contribution >= 0.6 is 26.8 Å². The molecule has 110 valence electrons. The van der Waals surface area contributed by atoms with Gasteiger partial charge in [0.05, 0.1) is 16.9 Å². The van der Waals surface area contributed by atoms with E-state index in [-0.39, 0.29) is 10.7 Å². The van der Waals surface area contributed by atoms with Gasteiger partial charge in [0.2, 0.25) is 0 Å². The fraction of sp³-hybridized carbons (Fsp3) is 0.125. The van der Waals surface area contributed by atoms with E-state index in [1.54, 1.807) is 0 Å². The van der Waals surface area contributed by atoms with Crippen LogP contribution in [0.4, 0.5) is 0 Å². The summed E-state index contributed by atoms with van der Waals surface area (Å²) in [6, 6.07) is 2.50. The summed E-state index contributed by atoms with van der Waals surface area (Å²) in [5.41, 5.74) is -1.18. The molecule has 0 amide bonds. The van der Waals surface area contributed by atoms with Gasteiger partial charge in [0, 0.05) is 0 Å². The van der Waals surface area contributed by atoms with E-state index in [2.05, 4.69) is 4.98 Å². The van der Waals surface area contributed by atoms with Crippen molar-refractivity contribution in [2.75, 3.05) is 0 Å². The van der Waals surface area contributed by atoms with Crippen LogP contribution in [0.5, 0.6) is 0 Å². The second kappa shape index (κ2) is 4.91. The fourth-order valence-electron chi connectivity index (χ4n) is 1.66. The van der Waals surface area contributed by atoms with E-state index in [4.69, 9.17) is 21.4 Å². The first-order chi connectivity index (χ1) is 9.03. The molecule has 0 aliphatic heterocycles. The minimum absolute atomic E-state index is 0.0183. The highest BCUT2D eigenvalue weighted by molar-refractivity contribution is 7.60. The quantitative estimate of drug-likeness (QED) is 0.487. The largest absolute Gasteiger partial charge is 0.375 e. The van der Waals surface area contributed by atoms with E-state index < -0.39 is 32.2 Å². The van der Waals surface area contributed by atoms with Gasteiger partial charge >= 0.3 is 15.2 Å². The molecular weight excluding hydrogens is 333 g/mol. The summed E-state index contributed by atoms with van der Waals surface area (Å²) in [4.78, 5) is 40.2. The number of aliphatic hydroxyl groups excluding tert-OH is 1. The molecule has 0 aliphatic carbocycles. The van der Waals surface area contributed by atoms with Crippen molar-refractivity contribution in [3.05, 3.63) is 29.0 Å². The third-order valence-electron chi connectivity index (χ3n) is 2.50. The molecule has 0 bridgehead atoms. The van der Waals surface area contributed by atoms with Crippen molar-refractivity contribution >= 4 is 37.9 Å². The average molecular weight is 343 g/mol. The zero-order valence-corrected chi connectivity index (χ0v) is 12.1. The average Bonchev–Trinajstić information content (AvgIpc) is 2.70. The number of fused-ring (bicyclic) bond motifs is 1. The fourth-order valence-corrected chi connectivity index (χ4v) is 3.24. The first-order valence-electron chi connectivity index (χ1n) is 4.98. The zero-order chi connectivity index (χ0) is 15.3. The third-order valence-corrected chi connectivity index (χ3v) is 4.61. The monoisotopic (exact) mass is 342 g/mol. The first-order valence-corrected chi connectivity index (χ1v) is 8.66. The number of hydrogen-bond acceptors (Lipinski definition) is 4. The number of aromatic nitrogens is 2. The first kappa shape index (κ1) is 15.6. The van der Waals surface area contributed by atoms with Gasteiger partial charge in [-0.3, -0.25) is 13.5 Å². The topological polar surface area (TPSA) is 153 Å². The molecule has 2 heterocycles.